The lowest BCUT2D eigenvalue weighted by Gasteiger charge is -2.22. The smallest absolute Gasteiger partial charge is 0.187 e. The van der Waals surface area contributed by atoms with Gasteiger partial charge in [-0.2, -0.15) is 9.78 Å². The van der Waals surface area contributed by atoms with Crippen LogP contribution in [0.2, 0.25) is 0 Å². The minimum absolute atomic E-state index is 0.336. The van der Waals surface area contributed by atoms with Crippen molar-refractivity contribution in [1.82, 2.24) is 34.7 Å². The van der Waals surface area contributed by atoms with Gasteiger partial charge in [0.2, 0.25) is 0 Å². The summed E-state index contributed by atoms with van der Waals surface area (Å²) in [6, 6.07) is 3.88. The van der Waals surface area contributed by atoms with Crippen molar-refractivity contribution in [2.45, 2.75) is 25.3 Å². The molecule has 10 heteroatoms. The van der Waals surface area contributed by atoms with Crippen LogP contribution >= 0.6 is 0 Å². The van der Waals surface area contributed by atoms with Crippen molar-refractivity contribution in [3.63, 3.8) is 0 Å². The summed E-state index contributed by atoms with van der Waals surface area (Å²) < 4.78 is 35.6. The Kier molecular flexibility index (Phi) is 4.47. The van der Waals surface area contributed by atoms with E-state index in [0.717, 1.165) is 43.8 Å². The Morgan fingerprint density at radius 3 is 2.79 bits per heavy atom. The Hall–Kier alpha value is -3.27. The van der Waals surface area contributed by atoms with Gasteiger partial charge in [-0.15, -0.1) is 5.10 Å². The molecule has 1 aliphatic heterocycles. The highest BCUT2D eigenvalue weighted by atomic mass is 19.2. The van der Waals surface area contributed by atoms with Crippen LogP contribution in [-0.4, -0.2) is 48.0 Å². The molecule has 0 unspecified atom stereocenters. The number of halogens is 2. The molecule has 1 fully saturated rings. The summed E-state index contributed by atoms with van der Waals surface area (Å²) in [7, 11) is 0. The zero-order chi connectivity index (χ0) is 19.8. The van der Waals surface area contributed by atoms with E-state index in [4.69, 9.17) is 4.74 Å². The van der Waals surface area contributed by atoms with Gasteiger partial charge in [-0.3, -0.25) is 4.68 Å². The molecule has 4 heterocycles. The largest absolute Gasteiger partial charge is 0.381 e. The van der Waals surface area contributed by atoms with E-state index in [0.29, 0.717) is 35.1 Å². The van der Waals surface area contributed by atoms with E-state index in [1.54, 1.807) is 6.20 Å². The van der Waals surface area contributed by atoms with Crippen molar-refractivity contribution < 1.29 is 13.5 Å². The Morgan fingerprint density at radius 2 is 1.97 bits per heavy atom. The average molecular weight is 397 g/mol. The lowest BCUT2D eigenvalue weighted by molar-refractivity contribution is 0.0662. The normalized spacial score (nSPS) is 15.2. The van der Waals surface area contributed by atoms with Crippen molar-refractivity contribution >= 4 is 11.2 Å². The molecular formula is C19H17F2N7O. The van der Waals surface area contributed by atoms with E-state index in [9.17, 15) is 8.78 Å². The summed E-state index contributed by atoms with van der Waals surface area (Å²) in [5.74, 6) is -1.31. The van der Waals surface area contributed by atoms with Crippen LogP contribution in [0.1, 0.15) is 30.3 Å². The Labute approximate surface area is 164 Å². The molecule has 0 amide bonds. The highest BCUT2D eigenvalue weighted by Crippen LogP contribution is 2.21. The van der Waals surface area contributed by atoms with E-state index in [2.05, 4.69) is 25.4 Å². The van der Waals surface area contributed by atoms with Crippen molar-refractivity contribution in [2.24, 2.45) is 0 Å². The van der Waals surface area contributed by atoms with Crippen LogP contribution in [0.3, 0.4) is 0 Å². The molecule has 29 heavy (non-hydrogen) atoms. The van der Waals surface area contributed by atoms with Gasteiger partial charge in [-0.1, -0.05) is 5.21 Å². The second kappa shape index (κ2) is 7.28. The molecule has 148 valence electrons. The van der Waals surface area contributed by atoms with Gasteiger partial charge in [-0.25, -0.2) is 18.7 Å². The molecule has 0 spiro atoms. The van der Waals surface area contributed by atoms with Gasteiger partial charge >= 0.3 is 0 Å². The number of nitrogens with zero attached hydrogens (tertiary/aromatic N) is 7. The molecule has 0 saturated carbocycles. The maximum atomic E-state index is 13.6. The molecular weight excluding hydrogens is 380 g/mol. The van der Waals surface area contributed by atoms with E-state index in [-0.39, 0.29) is 0 Å². The van der Waals surface area contributed by atoms with Gasteiger partial charge in [0.25, 0.3) is 0 Å². The molecule has 8 nitrogen and oxygen atoms in total. The van der Waals surface area contributed by atoms with E-state index in [1.807, 2.05) is 17.1 Å². The monoisotopic (exact) mass is 397 g/mol. The van der Waals surface area contributed by atoms with Crippen LogP contribution in [0, 0.1) is 11.6 Å². The topological polar surface area (TPSA) is 83.5 Å². The van der Waals surface area contributed by atoms with Crippen LogP contribution in [0.25, 0.3) is 16.9 Å². The molecule has 0 atom stereocenters. The number of fused-ring (bicyclic) bond motifs is 1. The molecule has 0 bridgehead atoms. The first-order chi connectivity index (χ1) is 14.2. The van der Waals surface area contributed by atoms with Gasteiger partial charge in [0, 0.05) is 31.9 Å². The zero-order valence-corrected chi connectivity index (χ0v) is 15.4. The summed E-state index contributed by atoms with van der Waals surface area (Å²) in [5.41, 5.74) is 2.22. The zero-order valence-electron chi connectivity index (χ0n) is 15.4. The van der Waals surface area contributed by atoms with Crippen LogP contribution in [-0.2, 0) is 11.2 Å². The first kappa shape index (κ1) is 17.8. The highest BCUT2D eigenvalue weighted by molar-refractivity contribution is 5.70. The third-order valence-corrected chi connectivity index (χ3v) is 4.97. The van der Waals surface area contributed by atoms with Gasteiger partial charge in [-0.05, 0) is 30.5 Å². The summed E-state index contributed by atoms with van der Waals surface area (Å²) >= 11 is 0. The van der Waals surface area contributed by atoms with Crippen molar-refractivity contribution in [2.75, 3.05) is 13.2 Å². The van der Waals surface area contributed by atoms with Crippen molar-refractivity contribution in [3.05, 3.63) is 59.8 Å². The van der Waals surface area contributed by atoms with E-state index >= 15 is 0 Å². The Balaban J connectivity index is 1.42. The fraction of sp³-hybridized carbons (Fsp3) is 0.316. The molecule has 0 aliphatic carbocycles. The van der Waals surface area contributed by atoms with Gasteiger partial charge < -0.3 is 4.74 Å². The fourth-order valence-corrected chi connectivity index (χ4v) is 3.44. The van der Waals surface area contributed by atoms with Crippen LogP contribution in [0.4, 0.5) is 8.78 Å². The van der Waals surface area contributed by atoms with Gasteiger partial charge in [0.1, 0.15) is 5.82 Å². The number of aromatic nitrogens is 7. The highest BCUT2D eigenvalue weighted by Gasteiger charge is 2.17. The predicted octanol–water partition coefficient (Wildman–Crippen LogP) is 2.63. The minimum Gasteiger partial charge on any atom is -0.381 e. The second-order valence-electron chi connectivity index (χ2n) is 6.94. The first-order valence-electron chi connectivity index (χ1n) is 9.31. The van der Waals surface area contributed by atoms with E-state index < -0.39 is 11.6 Å². The van der Waals surface area contributed by atoms with Crippen LogP contribution < -0.4 is 0 Å². The maximum Gasteiger partial charge on any atom is 0.187 e. The van der Waals surface area contributed by atoms with Crippen molar-refractivity contribution in [3.8, 4) is 5.69 Å². The summed E-state index contributed by atoms with van der Waals surface area (Å²) in [4.78, 5) is 8.88. The molecule has 3 aromatic heterocycles. The molecule has 4 aromatic rings. The molecule has 5 rings (SSSR count). The molecule has 1 aromatic carbocycles. The fourth-order valence-electron chi connectivity index (χ4n) is 3.44. The molecule has 1 saturated heterocycles. The van der Waals surface area contributed by atoms with Gasteiger partial charge in [0.05, 0.1) is 24.1 Å². The predicted molar refractivity (Wildman–Crippen MR) is 98.5 cm³/mol. The Bertz CT molecular complexity index is 1170. The summed E-state index contributed by atoms with van der Waals surface area (Å²) in [6.45, 7) is 1.50. The molecule has 1 aliphatic rings. The number of hydrogen-bond donors (Lipinski definition) is 0. The van der Waals surface area contributed by atoms with Crippen LogP contribution in [0.5, 0.6) is 0 Å². The maximum absolute atomic E-state index is 13.6. The quantitative estimate of drug-likeness (QED) is 0.526. The SMILES string of the molecule is Fc1ccc(-n2nnc3cnc(Cc4cnn(C5CCOCC5)c4)nc32)cc1F. The number of hydrogen-bond acceptors (Lipinski definition) is 6. The summed E-state index contributed by atoms with van der Waals surface area (Å²) in [5, 5.41) is 12.5. The van der Waals surface area contributed by atoms with Crippen molar-refractivity contribution in [1.29, 1.82) is 0 Å². The minimum atomic E-state index is -0.957. The third kappa shape index (κ3) is 3.46. The van der Waals surface area contributed by atoms with E-state index in [1.165, 1.54) is 10.7 Å². The average Bonchev–Trinajstić information content (AvgIpc) is 3.38. The summed E-state index contributed by atoms with van der Waals surface area (Å²) in [6.07, 6.45) is 7.78. The van der Waals surface area contributed by atoms with Gasteiger partial charge in [0.15, 0.2) is 22.8 Å². The third-order valence-electron chi connectivity index (χ3n) is 4.97. The second-order valence-corrected chi connectivity index (χ2v) is 6.94. The number of rotatable bonds is 4. The van der Waals surface area contributed by atoms with Crippen LogP contribution in [0.15, 0.2) is 36.8 Å². The standard InChI is InChI=1S/C19H17F2N7O/c20-15-2-1-14(8-16(15)21)28-19-17(25-26-28)10-22-18(24-19)7-12-9-23-27(11-12)13-3-5-29-6-4-13/h1-2,8-11,13H,3-7H2. The molecule has 0 N–H and O–H groups in total. The Morgan fingerprint density at radius 1 is 1.10 bits per heavy atom. The number of benzene rings is 1. The lowest BCUT2D eigenvalue weighted by atomic mass is 10.1. The first-order valence-corrected chi connectivity index (χ1v) is 9.31. The number of ether oxygens (including phenoxy) is 1. The molecule has 0 radical (unpaired) electrons. The lowest BCUT2D eigenvalue weighted by Crippen LogP contribution is -2.19.